The normalized spacial score (nSPS) is 12.7. The van der Waals surface area contributed by atoms with E-state index in [4.69, 9.17) is 4.43 Å². The van der Waals surface area contributed by atoms with Crippen LogP contribution in [0.5, 0.6) is 0 Å². The predicted molar refractivity (Wildman–Crippen MR) is 85.4 cm³/mol. The van der Waals surface area contributed by atoms with Crippen LogP contribution < -0.4 is 0 Å². The lowest BCUT2D eigenvalue weighted by Gasteiger charge is -2.26. The van der Waals surface area contributed by atoms with E-state index in [9.17, 15) is 0 Å². The van der Waals surface area contributed by atoms with Crippen molar-refractivity contribution in [1.82, 2.24) is 0 Å². The number of aryl methyl sites for hydroxylation is 1. The van der Waals surface area contributed by atoms with Crippen molar-refractivity contribution < 1.29 is 4.43 Å². The minimum absolute atomic E-state index is 0.198. The molecule has 0 radical (unpaired) electrons. The van der Waals surface area contributed by atoms with Crippen LogP contribution in [0.2, 0.25) is 13.1 Å². The molecule has 19 heavy (non-hydrogen) atoms. The lowest BCUT2D eigenvalue weighted by Crippen LogP contribution is -2.20. The average molecular weight is 274 g/mol. The van der Waals surface area contributed by atoms with Crippen LogP contribution in [-0.2, 0) is 10.8 Å². The van der Waals surface area contributed by atoms with Crippen LogP contribution in [0.3, 0.4) is 0 Å². The molecule has 0 saturated carbocycles. The highest BCUT2D eigenvalue weighted by Crippen LogP contribution is 2.29. The number of benzene rings is 1. The Hall–Kier alpha value is -1.20. The maximum absolute atomic E-state index is 5.50. The van der Waals surface area contributed by atoms with Gasteiger partial charge in [-0.15, -0.1) is 0 Å². The van der Waals surface area contributed by atoms with E-state index < -0.39 is 9.04 Å². The second-order valence-electron chi connectivity index (χ2n) is 6.36. The van der Waals surface area contributed by atoms with Gasteiger partial charge in [0.05, 0.1) is 6.11 Å². The number of hydrogen-bond donors (Lipinski definition) is 0. The van der Waals surface area contributed by atoms with Crippen LogP contribution in [0.15, 0.2) is 30.3 Å². The van der Waals surface area contributed by atoms with Gasteiger partial charge in [0.1, 0.15) is 0 Å². The topological polar surface area (TPSA) is 9.23 Å². The first-order valence-electron chi connectivity index (χ1n) is 7.09. The summed E-state index contributed by atoms with van der Waals surface area (Å²) in [6, 6.07) is 10.6. The molecule has 1 rings (SSSR count). The third-order valence-corrected chi connectivity index (χ3v) is 3.73. The van der Waals surface area contributed by atoms with E-state index in [1.54, 1.807) is 0 Å². The summed E-state index contributed by atoms with van der Waals surface area (Å²) in [6.07, 6.45) is 5.11. The Balaban J connectivity index is 2.62. The van der Waals surface area contributed by atoms with Crippen LogP contribution >= 0.6 is 0 Å². The van der Waals surface area contributed by atoms with Gasteiger partial charge in [-0.2, -0.15) is 0 Å². The molecule has 0 N–H and O–H groups in total. The summed E-state index contributed by atoms with van der Waals surface area (Å²) in [5.41, 5.74) is 1.58. The average Bonchev–Trinajstić information content (AvgIpc) is 2.33. The molecule has 1 unspecified atom stereocenters. The fraction of sp³-hybridized carbons (Fsp3) is 0.529. The van der Waals surface area contributed by atoms with Crippen molar-refractivity contribution in [2.45, 2.75) is 46.7 Å². The second-order valence-corrected chi connectivity index (χ2v) is 8.69. The fourth-order valence-corrected chi connectivity index (χ4v) is 2.20. The highest BCUT2D eigenvalue weighted by Gasteiger charge is 2.22. The fourth-order valence-electron chi connectivity index (χ4n) is 1.90. The molecule has 0 aliphatic carbocycles. The molecule has 0 aliphatic heterocycles. The van der Waals surface area contributed by atoms with Crippen molar-refractivity contribution in [3.8, 4) is 12.0 Å². The highest BCUT2D eigenvalue weighted by atomic mass is 28.3. The molecule has 0 spiro atoms. The van der Waals surface area contributed by atoms with Crippen LogP contribution in [0.4, 0.5) is 0 Å². The first-order chi connectivity index (χ1) is 8.89. The zero-order valence-corrected chi connectivity index (χ0v) is 14.0. The van der Waals surface area contributed by atoms with E-state index in [1.165, 1.54) is 5.56 Å². The first-order valence-corrected chi connectivity index (χ1v) is 9.88. The van der Waals surface area contributed by atoms with Crippen molar-refractivity contribution in [1.29, 1.82) is 0 Å². The Kier molecular flexibility index (Phi) is 6.18. The Morgan fingerprint density at radius 1 is 1.16 bits per heavy atom. The molecule has 1 atom stereocenters. The molecule has 0 aromatic heterocycles. The zero-order chi connectivity index (χ0) is 14.3. The Labute approximate surface area is 120 Å². The molecule has 2 heteroatoms. The largest absolute Gasteiger partial charge is 0.505 e. The van der Waals surface area contributed by atoms with Gasteiger partial charge in [-0.25, -0.2) is 0 Å². The van der Waals surface area contributed by atoms with E-state index in [2.05, 4.69) is 76.2 Å². The molecule has 0 saturated heterocycles. The van der Waals surface area contributed by atoms with Crippen LogP contribution in [0, 0.1) is 23.4 Å². The van der Waals surface area contributed by atoms with Crippen molar-refractivity contribution in [3.05, 3.63) is 35.9 Å². The monoisotopic (exact) mass is 274 g/mol. The summed E-state index contributed by atoms with van der Waals surface area (Å²) < 4.78 is 5.50. The van der Waals surface area contributed by atoms with E-state index >= 15 is 0 Å². The van der Waals surface area contributed by atoms with Crippen LogP contribution in [0.25, 0.3) is 0 Å². The molecule has 0 heterocycles. The van der Waals surface area contributed by atoms with Crippen molar-refractivity contribution in [2.75, 3.05) is 0 Å². The van der Waals surface area contributed by atoms with Crippen molar-refractivity contribution >= 4 is 9.04 Å². The Bertz CT molecular complexity index is 420. The molecule has 0 amide bonds. The predicted octanol–water partition coefficient (Wildman–Crippen LogP) is 4.24. The van der Waals surface area contributed by atoms with E-state index in [-0.39, 0.29) is 5.41 Å². The Morgan fingerprint density at radius 3 is 2.32 bits per heavy atom. The number of rotatable bonds is 4. The molecule has 0 bridgehead atoms. The van der Waals surface area contributed by atoms with E-state index in [0.717, 1.165) is 12.8 Å². The van der Waals surface area contributed by atoms with Gasteiger partial charge in [-0.05, 0) is 36.9 Å². The van der Waals surface area contributed by atoms with Gasteiger partial charge in [-0.1, -0.05) is 57.0 Å². The van der Waals surface area contributed by atoms with Gasteiger partial charge < -0.3 is 4.43 Å². The quantitative estimate of drug-likeness (QED) is 0.589. The molecule has 0 aliphatic rings. The summed E-state index contributed by atoms with van der Waals surface area (Å²) >= 11 is 0. The van der Waals surface area contributed by atoms with Gasteiger partial charge in [0.15, 0.2) is 0 Å². The Morgan fingerprint density at radius 2 is 1.79 bits per heavy atom. The van der Waals surface area contributed by atoms with Crippen molar-refractivity contribution in [3.63, 3.8) is 0 Å². The summed E-state index contributed by atoms with van der Waals surface area (Å²) in [4.78, 5) is 0. The van der Waals surface area contributed by atoms with Gasteiger partial charge in [-0.3, -0.25) is 0 Å². The second kappa shape index (κ2) is 7.40. The molecule has 1 nitrogen and oxygen atoms in total. The van der Waals surface area contributed by atoms with E-state index in [1.807, 2.05) is 0 Å². The van der Waals surface area contributed by atoms with Gasteiger partial charge >= 0.3 is 0 Å². The SMILES string of the molecule is C[SiH](C)OC#CC(CCc1ccccc1)C(C)(C)C. The van der Waals surface area contributed by atoms with Gasteiger partial charge in [0, 0.05) is 5.92 Å². The maximum Gasteiger partial charge on any atom is 0.244 e. The third kappa shape index (κ3) is 6.49. The minimum Gasteiger partial charge on any atom is -0.505 e. The van der Waals surface area contributed by atoms with Crippen LogP contribution in [0.1, 0.15) is 32.8 Å². The zero-order valence-electron chi connectivity index (χ0n) is 12.9. The molecule has 0 fully saturated rings. The first kappa shape index (κ1) is 15.9. The van der Waals surface area contributed by atoms with Crippen molar-refractivity contribution in [2.24, 2.45) is 11.3 Å². The summed E-state index contributed by atoms with van der Waals surface area (Å²) in [6.45, 7) is 11.0. The molecular formula is C17H26OSi. The molecule has 1 aromatic rings. The maximum atomic E-state index is 5.50. The summed E-state index contributed by atoms with van der Waals surface area (Å²) in [5, 5.41) is 0. The molecular weight excluding hydrogens is 248 g/mol. The summed E-state index contributed by atoms with van der Waals surface area (Å²) in [5.74, 6) is 3.70. The lowest BCUT2D eigenvalue weighted by atomic mass is 9.78. The smallest absolute Gasteiger partial charge is 0.244 e. The summed E-state index contributed by atoms with van der Waals surface area (Å²) in [7, 11) is -1.04. The highest BCUT2D eigenvalue weighted by molar-refractivity contribution is 6.48. The standard InChI is InChI=1S/C17H26OSi/c1-17(2,3)16(13-14-18-19(4)5)12-11-15-9-7-6-8-10-15/h6-10,16,19H,11-12H2,1-5H3. The molecule has 1 aromatic carbocycles. The third-order valence-electron chi connectivity index (χ3n) is 3.14. The minimum atomic E-state index is -1.04. The number of hydrogen-bond acceptors (Lipinski definition) is 1. The lowest BCUT2D eigenvalue weighted by molar-refractivity contribution is 0.287. The van der Waals surface area contributed by atoms with Gasteiger partial charge in [0.25, 0.3) is 0 Å². The van der Waals surface area contributed by atoms with E-state index in [0.29, 0.717) is 5.92 Å². The molecule has 104 valence electrons. The van der Waals surface area contributed by atoms with Gasteiger partial charge in [0.2, 0.25) is 9.04 Å². The van der Waals surface area contributed by atoms with Crippen LogP contribution in [-0.4, -0.2) is 9.04 Å².